The molecule has 1 saturated heterocycles. The fourth-order valence-corrected chi connectivity index (χ4v) is 4.31. The molecule has 0 radical (unpaired) electrons. The van der Waals surface area contributed by atoms with Gasteiger partial charge in [-0.25, -0.2) is 0 Å². The number of piperidine rings is 1. The summed E-state index contributed by atoms with van der Waals surface area (Å²) in [6.45, 7) is 1.57. The van der Waals surface area contributed by atoms with Crippen molar-refractivity contribution in [2.75, 3.05) is 18.8 Å². The molecular formula is C16H23N3O2S. The van der Waals surface area contributed by atoms with E-state index in [9.17, 15) is 4.79 Å². The lowest BCUT2D eigenvalue weighted by Crippen LogP contribution is -2.42. The van der Waals surface area contributed by atoms with Crippen molar-refractivity contribution in [3.63, 3.8) is 0 Å². The minimum Gasteiger partial charge on any atom is -0.473 e. The molecule has 0 atom stereocenters. The van der Waals surface area contributed by atoms with E-state index in [-0.39, 0.29) is 12.0 Å². The van der Waals surface area contributed by atoms with Gasteiger partial charge in [0.1, 0.15) is 6.10 Å². The van der Waals surface area contributed by atoms with Crippen LogP contribution in [0.25, 0.3) is 0 Å². The van der Waals surface area contributed by atoms with Gasteiger partial charge in [-0.15, -0.1) is 16.9 Å². The molecule has 2 fully saturated rings. The van der Waals surface area contributed by atoms with Gasteiger partial charge < -0.3 is 9.64 Å². The first-order chi connectivity index (χ1) is 10.8. The molecule has 0 spiro atoms. The zero-order valence-electron chi connectivity index (χ0n) is 12.8. The Bertz CT molecular complexity index is 472. The van der Waals surface area contributed by atoms with Gasteiger partial charge in [-0.2, -0.15) is 5.10 Å². The maximum atomic E-state index is 12.3. The number of likely N-dealkylation sites (tertiary alicyclic amines) is 1. The Hall–Kier alpha value is -1.30. The van der Waals surface area contributed by atoms with Gasteiger partial charge in [0.05, 0.1) is 5.75 Å². The average molecular weight is 321 g/mol. The van der Waals surface area contributed by atoms with Crippen LogP contribution in [-0.2, 0) is 4.79 Å². The standard InChI is InChI=1S/C16H23N3O2S/c20-16(12-22-14-4-1-2-5-14)19-10-7-13(8-11-19)21-15-6-3-9-17-18-15/h3,6,9,13-14H,1-2,4-5,7-8,10-12H2. The molecule has 2 heterocycles. The number of ether oxygens (including phenoxy) is 1. The van der Waals surface area contributed by atoms with Crippen molar-refractivity contribution in [1.82, 2.24) is 15.1 Å². The van der Waals surface area contributed by atoms with Gasteiger partial charge in [-0.1, -0.05) is 12.8 Å². The van der Waals surface area contributed by atoms with Gasteiger partial charge in [0.15, 0.2) is 0 Å². The molecule has 1 amide bonds. The Labute approximate surface area is 135 Å². The maximum Gasteiger partial charge on any atom is 0.233 e. The van der Waals surface area contributed by atoms with Crippen molar-refractivity contribution >= 4 is 17.7 Å². The lowest BCUT2D eigenvalue weighted by Gasteiger charge is -2.32. The quantitative estimate of drug-likeness (QED) is 0.834. The molecule has 2 aliphatic rings. The summed E-state index contributed by atoms with van der Waals surface area (Å²) in [5.41, 5.74) is 0. The van der Waals surface area contributed by atoms with Crippen LogP contribution in [0.15, 0.2) is 18.3 Å². The molecule has 0 unspecified atom stereocenters. The molecule has 0 N–H and O–H groups in total. The Morgan fingerprint density at radius 3 is 2.73 bits per heavy atom. The first-order valence-electron chi connectivity index (χ1n) is 8.15. The van der Waals surface area contributed by atoms with E-state index in [4.69, 9.17) is 4.74 Å². The van der Waals surface area contributed by atoms with Gasteiger partial charge in [-0.05, 0) is 18.9 Å². The Morgan fingerprint density at radius 1 is 1.27 bits per heavy atom. The normalized spacial score (nSPS) is 20.3. The highest BCUT2D eigenvalue weighted by Crippen LogP contribution is 2.29. The predicted molar refractivity (Wildman–Crippen MR) is 87.0 cm³/mol. The molecule has 0 aromatic carbocycles. The first kappa shape index (κ1) is 15.6. The van der Waals surface area contributed by atoms with Crippen LogP contribution in [0.3, 0.4) is 0 Å². The number of rotatable bonds is 5. The minimum absolute atomic E-state index is 0.142. The first-order valence-corrected chi connectivity index (χ1v) is 9.20. The molecule has 3 rings (SSSR count). The number of aromatic nitrogens is 2. The fourth-order valence-electron chi connectivity index (χ4n) is 3.08. The van der Waals surface area contributed by atoms with Crippen LogP contribution in [-0.4, -0.2) is 51.2 Å². The highest BCUT2D eigenvalue weighted by atomic mass is 32.2. The molecule has 22 heavy (non-hydrogen) atoms. The zero-order chi connectivity index (χ0) is 15.2. The zero-order valence-corrected chi connectivity index (χ0v) is 13.6. The number of thioether (sulfide) groups is 1. The molecule has 120 valence electrons. The average Bonchev–Trinajstić information content (AvgIpc) is 3.08. The van der Waals surface area contributed by atoms with Crippen molar-refractivity contribution in [1.29, 1.82) is 0 Å². The topological polar surface area (TPSA) is 55.3 Å². The van der Waals surface area contributed by atoms with Crippen molar-refractivity contribution in [2.24, 2.45) is 0 Å². The molecule has 1 aliphatic carbocycles. The molecule has 6 heteroatoms. The summed E-state index contributed by atoms with van der Waals surface area (Å²) in [6, 6.07) is 3.64. The summed E-state index contributed by atoms with van der Waals surface area (Å²) < 4.78 is 5.81. The van der Waals surface area contributed by atoms with Gasteiger partial charge in [0.2, 0.25) is 11.8 Å². The van der Waals surface area contributed by atoms with E-state index in [0.717, 1.165) is 25.9 Å². The summed E-state index contributed by atoms with van der Waals surface area (Å²) in [5.74, 6) is 1.50. The highest BCUT2D eigenvalue weighted by Gasteiger charge is 2.25. The van der Waals surface area contributed by atoms with Crippen LogP contribution >= 0.6 is 11.8 Å². The van der Waals surface area contributed by atoms with Crippen molar-refractivity contribution in [3.8, 4) is 5.88 Å². The van der Waals surface area contributed by atoms with Crippen LogP contribution in [0.1, 0.15) is 38.5 Å². The van der Waals surface area contributed by atoms with Crippen molar-refractivity contribution < 1.29 is 9.53 Å². The number of hydrogen-bond acceptors (Lipinski definition) is 5. The van der Waals surface area contributed by atoms with E-state index >= 15 is 0 Å². The molecule has 1 aromatic rings. The maximum absolute atomic E-state index is 12.3. The molecular weight excluding hydrogens is 298 g/mol. The predicted octanol–water partition coefficient (Wildman–Crippen LogP) is 2.52. The third-order valence-corrected chi connectivity index (χ3v) is 5.73. The minimum atomic E-state index is 0.142. The molecule has 0 bridgehead atoms. The van der Waals surface area contributed by atoms with Crippen LogP contribution in [0.5, 0.6) is 5.88 Å². The Morgan fingerprint density at radius 2 is 2.05 bits per heavy atom. The second-order valence-corrected chi connectivity index (χ2v) is 7.27. The SMILES string of the molecule is O=C(CSC1CCCC1)N1CCC(Oc2cccnn2)CC1. The second kappa shape index (κ2) is 7.81. The lowest BCUT2D eigenvalue weighted by molar-refractivity contribution is -0.130. The Balaban J connectivity index is 1.38. The smallest absolute Gasteiger partial charge is 0.233 e. The molecule has 5 nitrogen and oxygen atoms in total. The van der Waals surface area contributed by atoms with Crippen molar-refractivity contribution in [3.05, 3.63) is 18.3 Å². The highest BCUT2D eigenvalue weighted by molar-refractivity contribution is 8.00. The lowest BCUT2D eigenvalue weighted by atomic mass is 10.1. The van der Waals surface area contributed by atoms with E-state index in [1.54, 1.807) is 6.20 Å². The monoisotopic (exact) mass is 321 g/mol. The fraction of sp³-hybridized carbons (Fsp3) is 0.688. The summed E-state index contributed by atoms with van der Waals surface area (Å²) in [6.07, 6.45) is 8.75. The summed E-state index contributed by atoms with van der Waals surface area (Å²) in [4.78, 5) is 14.2. The van der Waals surface area contributed by atoms with Gasteiger partial charge in [-0.3, -0.25) is 4.79 Å². The van der Waals surface area contributed by atoms with Gasteiger partial charge in [0, 0.05) is 43.4 Å². The Kier molecular flexibility index (Phi) is 5.53. The van der Waals surface area contributed by atoms with E-state index in [2.05, 4.69) is 10.2 Å². The summed E-state index contributed by atoms with van der Waals surface area (Å²) in [7, 11) is 0. The van der Waals surface area contributed by atoms with Gasteiger partial charge in [0.25, 0.3) is 0 Å². The third kappa shape index (κ3) is 4.35. The van der Waals surface area contributed by atoms with Crippen LogP contribution in [0, 0.1) is 0 Å². The summed E-state index contributed by atoms with van der Waals surface area (Å²) in [5, 5.41) is 8.47. The third-order valence-electron chi connectivity index (χ3n) is 4.37. The molecule has 1 aromatic heterocycles. The van der Waals surface area contributed by atoms with E-state index in [1.165, 1.54) is 25.7 Å². The van der Waals surface area contributed by atoms with Crippen LogP contribution < -0.4 is 4.74 Å². The molecule has 1 saturated carbocycles. The molecule has 1 aliphatic heterocycles. The van der Waals surface area contributed by atoms with Crippen LogP contribution in [0.2, 0.25) is 0 Å². The van der Waals surface area contributed by atoms with E-state index < -0.39 is 0 Å². The number of amides is 1. The number of carbonyl (C=O) groups is 1. The van der Waals surface area contributed by atoms with Crippen molar-refractivity contribution in [2.45, 2.75) is 49.9 Å². The largest absolute Gasteiger partial charge is 0.473 e. The van der Waals surface area contributed by atoms with Gasteiger partial charge >= 0.3 is 0 Å². The number of nitrogens with zero attached hydrogens (tertiary/aromatic N) is 3. The van der Waals surface area contributed by atoms with E-state index in [1.807, 2.05) is 28.8 Å². The second-order valence-electron chi connectivity index (χ2n) is 5.98. The number of hydrogen-bond donors (Lipinski definition) is 0. The summed E-state index contributed by atoms with van der Waals surface area (Å²) >= 11 is 1.85. The number of carbonyl (C=O) groups excluding carboxylic acids is 1. The van der Waals surface area contributed by atoms with E-state index in [0.29, 0.717) is 16.9 Å². The van der Waals surface area contributed by atoms with Crippen LogP contribution in [0.4, 0.5) is 0 Å².